The van der Waals surface area contributed by atoms with E-state index < -0.39 is 0 Å². The molecule has 0 amide bonds. The maximum Gasteiger partial charge on any atom is 0.0452 e. The molecule has 0 aliphatic heterocycles. The van der Waals surface area contributed by atoms with Crippen LogP contribution in [-0.4, -0.2) is 12.1 Å². The van der Waals surface area contributed by atoms with Gasteiger partial charge >= 0.3 is 0 Å². The van der Waals surface area contributed by atoms with Gasteiger partial charge in [0.2, 0.25) is 0 Å². The molecule has 0 atom stereocenters. The fraction of sp³-hybridized carbons (Fsp3) is 0.400. The Balaban J connectivity index is 2.74. The Kier molecular flexibility index (Phi) is 4.46. The van der Waals surface area contributed by atoms with Gasteiger partial charge in [0, 0.05) is 16.5 Å². The molecule has 0 fully saturated rings. The maximum absolute atomic E-state index is 5.78. The first-order valence-electron chi connectivity index (χ1n) is 4.26. The summed E-state index contributed by atoms with van der Waals surface area (Å²) < 4.78 is 0. The van der Waals surface area contributed by atoms with E-state index >= 15 is 0 Å². The third-order valence-electron chi connectivity index (χ3n) is 1.90. The van der Waals surface area contributed by atoms with Gasteiger partial charge in [-0.15, -0.1) is 23.4 Å². The van der Waals surface area contributed by atoms with Crippen LogP contribution >= 0.6 is 23.4 Å². The number of nitrogen functional groups attached to an aromatic ring is 1. The van der Waals surface area contributed by atoms with Gasteiger partial charge in [-0.2, -0.15) is 0 Å². The lowest BCUT2D eigenvalue weighted by atomic mass is 10.1. The maximum atomic E-state index is 5.78. The molecule has 0 unspecified atom stereocenters. The summed E-state index contributed by atoms with van der Waals surface area (Å²) in [4.78, 5) is 1.16. The highest BCUT2D eigenvalue weighted by atomic mass is 35.5. The summed E-state index contributed by atoms with van der Waals surface area (Å²) in [5.74, 6) is 0.721. The first kappa shape index (κ1) is 10.7. The van der Waals surface area contributed by atoms with Gasteiger partial charge < -0.3 is 5.73 Å². The van der Waals surface area contributed by atoms with Gasteiger partial charge in [0.1, 0.15) is 0 Å². The van der Waals surface area contributed by atoms with Crippen molar-refractivity contribution in [3.63, 3.8) is 0 Å². The molecule has 72 valence electrons. The Morgan fingerprint density at radius 3 is 2.85 bits per heavy atom. The molecule has 0 aliphatic carbocycles. The van der Waals surface area contributed by atoms with E-state index in [0.717, 1.165) is 29.3 Å². The van der Waals surface area contributed by atoms with E-state index in [2.05, 4.69) is 12.1 Å². The number of hydrogen-bond acceptors (Lipinski definition) is 2. The Hall–Kier alpha value is -0.340. The highest BCUT2D eigenvalue weighted by Gasteiger charge is 1.99. The zero-order chi connectivity index (χ0) is 9.68. The zero-order valence-electron chi connectivity index (χ0n) is 7.72. The summed E-state index contributed by atoms with van der Waals surface area (Å²) in [7, 11) is 0. The standard InChI is InChI=1S/C10H14ClNS/c1-13-10-7-8(3-2-6-11)4-5-9(10)12/h4-5,7H,2-3,6,12H2,1H3. The van der Waals surface area contributed by atoms with E-state index in [1.165, 1.54) is 5.56 Å². The summed E-state index contributed by atoms with van der Waals surface area (Å²) in [6, 6.07) is 6.18. The molecule has 0 aromatic heterocycles. The molecule has 0 saturated heterocycles. The summed E-state index contributed by atoms with van der Waals surface area (Å²) >= 11 is 7.31. The van der Waals surface area contributed by atoms with Crippen LogP contribution in [0.2, 0.25) is 0 Å². The van der Waals surface area contributed by atoms with Crippen molar-refractivity contribution in [2.75, 3.05) is 17.9 Å². The van der Waals surface area contributed by atoms with Crippen molar-refractivity contribution in [1.29, 1.82) is 0 Å². The van der Waals surface area contributed by atoms with Crippen molar-refractivity contribution in [3.05, 3.63) is 23.8 Å². The van der Waals surface area contributed by atoms with Crippen molar-refractivity contribution >= 4 is 29.1 Å². The molecule has 1 nitrogen and oxygen atoms in total. The SMILES string of the molecule is CSc1cc(CCCCl)ccc1N. The van der Waals surface area contributed by atoms with Gasteiger partial charge in [0.25, 0.3) is 0 Å². The smallest absolute Gasteiger partial charge is 0.0452 e. The lowest BCUT2D eigenvalue weighted by Gasteiger charge is -2.05. The second kappa shape index (κ2) is 5.40. The molecule has 1 rings (SSSR count). The van der Waals surface area contributed by atoms with E-state index in [1.807, 2.05) is 12.3 Å². The van der Waals surface area contributed by atoms with Gasteiger partial charge in [-0.3, -0.25) is 0 Å². The number of nitrogens with two attached hydrogens (primary N) is 1. The van der Waals surface area contributed by atoms with Crippen LogP contribution < -0.4 is 5.73 Å². The largest absolute Gasteiger partial charge is 0.398 e. The van der Waals surface area contributed by atoms with E-state index in [1.54, 1.807) is 11.8 Å². The van der Waals surface area contributed by atoms with E-state index in [9.17, 15) is 0 Å². The predicted octanol–water partition coefficient (Wildman–Crippen LogP) is 3.16. The fourth-order valence-electron chi connectivity index (χ4n) is 1.18. The summed E-state index contributed by atoms with van der Waals surface area (Å²) in [6.07, 6.45) is 4.10. The van der Waals surface area contributed by atoms with Gasteiger partial charge in [-0.1, -0.05) is 6.07 Å². The van der Waals surface area contributed by atoms with Crippen molar-refractivity contribution in [2.45, 2.75) is 17.7 Å². The second-order valence-electron chi connectivity index (χ2n) is 2.87. The van der Waals surface area contributed by atoms with Crippen molar-refractivity contribution in [3.8, 4) is 0 Å². The molecule has 0 bridgehead atoms. The quantitative estimate of drug-likeness (QED) is 0.475. The summed E-state index contributed by atoms with van der Waals surface area (Å²) in [6.45, 7) is 0. The molecule has 0 spiro atoms. The number of rotatable bonds is 4. The molecule has 1 aromatic rings. The van der Waals surface area contributed by atoms with E-state index in [4.69, 9.17) is 17.3 Å². The van der Waals surface area contributed by atoms with Crippen molar-refractivity contribution in [2.24, 2.45) is 0 Å². The third-order valence-corrected chi connectivity index (χ3v) is 2.96. The lowest BCUT2D eigenvalue weighted by Crippen LogP contribution is -1.91. The van der Waals surface area contributed by atoms with Crippen LogP contribution in [0.4, 0.5) is 5.69 Å². The average Bonchev–Trinajstić information content (AvgIpc) is 2.16. The van der Waals surface area contributed by atoms with Crippen LogP contribution in [0, 0.1) is 0 Å². The molecule has 3 heteroatoms. The number of thioether (sulfide) groups is 1. The van der Waals surface area contributed by atoms with Crippen LogP contribution in [0.1, 0.15) is 12.0 Å². The predicted molar refractivity (Wildman–Crippen MR) is 61.7 cm³/mol. The summed E-state index contributed by atoms with van der Waals surface area (Å²) in [5, 5.41) is 0. The number of anilines is 1. The topological polar surface area (TPSA) is 26.0 Å². The summed E-state index contributed by atoms with van der Waals surface area (Å²) in [5.41, 5.74) is 7.96. The molecule has 0 radical (unpaired) electrons. The fourth-order valence-corrected chi connectivity index (χ4v) is 1.89. The minimum Gasteiger partial charge on any atom is -0.398 e. The molecule has 2 N–H and O–H groups in total. The molecular weight excluding hydrogens is 202 g/mol. The Labute approximate surface area is 88.7 Å². The van der Waals surface area contributed by atoms with Crippen LogP contribution in [0.3, 0.4) is 0 Å². The van der Waals surface area contributed by atoms with Crippen LogP contribution in [-0.2, 0) is 6.42 Å². The monoisotopic (exact) mass is 215 g/mol. The van der Waals surface area contributed by atoms with Crippen molar-refractivity contribution in [1.82, 2.24) is 0 Å². The van der Waals surface area contributed by atoms with Gasteiger partial charge in [-0.25, -0.2) is 0 Å². The van der Waals surface area contributed by atoms with E-state index in [-0.39, 0.29) is 0 Å². The van der Waals surface area contributed by atoms with Crippen LogP contribution in [0.25, 0.3) is 0 Å². The number of hydrogen-bond donors (Lipinski definition) is 1. The number of halogens is 1. The Morgan fingerprint density at radius 1 is 1.46 bits per heavy atom. The normalized spacial score (nSPS) is 10.3. The zero-order valence-corrected chi connectivity index (χ0v) is 9.29. The molecule has 0 saturated carbocycles. The minimum absolute atomic E-state index is 0.721. The van der Waals surface area contributed by atoms with Gasteiger partial charge in [-0.05, 0) is 36.8 Å². The number of alkyl halides is 1. The molecule has 0 heterocycles. The average molecular weight is 216 g/mol. The van der Waals surface area contributed by atoms with Gasteiger partial charge in [0.05, 0.1) is 0 Å². The first-order valence-corrected chi connectivity index (χ1v) is 6.02. The Bertz CT molecular complexity index is 276. The van der Waals surface area contributed by atoms with Crippen molar-refractivity contribution < 1.29 is 0 Å². The second-order valence-corrected chi connectivity index (χ2v) is 4.09. The molecular formula is C10H14ClNS. The molecule has 13 heavy (non-hydrogen) atoms. The highest BCUT2D eigenvalue weighted by molar-refractivity contribution is 7.98. The Morgan fingerprint density at radius 2 is 2.23 bits per heavy atom. The lowest BCUT2D eigenvalue weighted by molar-refractivity contribution is 0.925. The third kappa shape index (κ3) is 3.12. The van der Waals surface area contributed by atoms with Gasteiger partial charge in [0.15, 0.2) is 0 Å². The molecule has 0 aliphatic rings. The van der Waals surface area contributed by atoms with Crippen LogP contribution in [0.5, 0.6) is 0 Å². The first-order chi connectivity index (χ1) is 6.27. The molecule has 1 aromatic carbocycles. The number of aryl methyl sites for hydroxylation is 1. The highest BCUT2D eigenvalue weighted by Crippen LogP contribution is 2.24. The minimum atomic E-state index is 0.721. The van der Waals surface area contributed by atoms with E-state index in [0.29, 0.717) is 0 Å². The number of benzene rings is 1. The van der Waals surface area contributed by atoms with Crippen LogP contribution in [0.15, 0.2) is 23.1 Å².